The molecule has 0 aliphatic carbocycles. The summed E-state index contributed by atoms with van der Waals surface area (Å²) in [4.78, 5) is 25.7. The monoisotopic (exact) mass is 305 g/mol. The van der Waals surface area contributed by atoms with Gasteiger partial charge in [0.05, 0.1) is 19.1 Å². The first-order chi connectivity index (χ1) is 10.6. The highest BCUT2D eigenvalue weighted by Crippen LogP contribution is 2.17. The molecular formula is C16H23N3O3. The summed E-state index contributed by atoms with van der Waals surface area (Å²) in [5.74, 6) is 0.629. The molecule has 2 rings (SSSR count). The van der Waals surface area contributed by atoms with Crippen LogP contribution in [0.2, 0.25) is 0 Å². The number of nitrogens with one attached hydrogen (secondary N) is 2. The van der Waals surface area contributed by atoms with Crippen LogP contribution in [0.4, 0.5) is 0 Å². The predicted octanol–water partition coefficient (Wildman–Crippen LogP) is 0.522. The minimum absolute atomic E-state index is 0.0826. The molecule has 1 heterocycles. The van der Waals surface area contributed by atoms with Crippen molar-refractivity contribution in [2.24, 2.45) is 0 Å². The van der Waals surface area contributed by atoms with Crippen molar-refractivity contribution in [2.75, 3.05) is 26.7 Å². The Bertz CT molecular complexity index is 516. The number of benzene rings is 1. The molecule has 1 saturated heterocycles. The molecule has 0 radical (unpaired) electrons. The van der Waals surface area contributed by atoms with E-state index in [1.54, 1.807) is 7.05 Å². The molecule has 0 saturated carbocycles. The molecule has 1 aliphatic heterocycles. The molecule has 1 aliphatic rings. The van der Waals surface area contributed by atoms with Gasteiger partial charge < -0.3 is 15.4 Å². The van der Waals surface area contributed by atoms with E-state index in [9.17, 15) is 9.59 Å². The highest BCUT2D eigenvalue weighted by atomic mass is 16.5. The molecule has 0 aromatic heterocycles. The summed E-state index contributed by atoms with van der Waals surface area (Å²) in [6.07, 6.45) is 0.180. The summed E-state index contributed by atoms with van der Waals surface area (Å²) in [5, 5.41) is 5.40. The number of piperazine rings is 1. The summed E-state index contributed by atoms with van der Waals surface area (Å²) in [6.45, 7) is 4.58. The van der Waals surface area contributed by atoms with Crippen LogP contribution >= 0.6 is 0 Å². The van der Waals surface area contributed by atoms with Gasteiger partial charge in [0.15, 0.2) is 0 Å². The second-order valence-electron chi connectivity index (χ2n) is 5.23. The van der Waals surface area contributed by atoms with Crippen LogP contribution in [-0.4, -0.2) is 49.5 Å². The summed E-state index contributed by atoms with van der Waals surface area (Å²) in [7, 11) is 1.58. The minimum atomic E-state index is -0.416. The van der Waals surface area contributed by atoms with Crippen LogP contribution in [0.25, 0.3) is 0 Å². The first kappa shape index (κ1) is 16.3. The van der Waals surface area contributed by atoms with E-state index in [4.69, 9.17) is 4.74 Å². The lowest BCUT2D eigenvalue weighted by atomic mass is 10.1. The van der Waals surface area contributed by atoms with Crippen LogP contribution in [0.3, 0.4) is 0 Å². The summed E-state index contributed by atoms with van der Waals surface area (Å²) < 4.78 is 5.43. The lowest BCUT2D eigenvalue weighted by molar-refractivity contribution is -0.134. The van der Waals surface area contributed by atoms with Crippen molar-refractivity contribution in [1.29, 1.82) is 0 Å². The Morgan fingerprint density at radius 3 is 2.77 bits per heavy atom. The number of rotatable bonds is 6. The molecule has 0 bridgehead atoms. The molecule has 1 aromatic rings. The van der Waals surface area contributed by atoms with E-state index >= 15 is 0 Å². The molecule has 0 unspecified atom stereocenters. The van der Waals surface area contributed by atoms with Crippen LogP contribution in [-0.2, 0) is 16.1 Å². The smallest absolute Gasteiger partial charge is 0.237 e. The second kappa shape index (κ2) is 7.79. The molecule has 6 nitrogen and oxygen atoms in total. The van der Waals surface area contributed by atoms with Gasteiger partial charge in [0.1, 0.15) is 5.75 Å². The third kappa shape index (κ3) is 4.21. The zero-order valence-corrected chi connectivity index (χ0v) is 13.1. The highest BCUT2D eigenvalue weighted by Gasteiger charge is 2.31. The maximum atomic E-state index is 12.0. The zero-order chi connectivity index (χ0) is 15.9. The van der Waals surface area contributed by atoms with Crippen LogP contribution in [0, 0.1) is 0 Å². The fourth-order valence-corrected chi connectivity index (χ4v) is 2.54. The predicted molar refractivity (Wildman–Crippen MR) is 83.5 cm³/mol. The van der Waals surface area contributed by atoms with E-state index in [-0.39, 0.29) is 18.2 Å². The molecule has 6 heteroatoms. The summed E-state index contributed by atoms with van der Waals surface area (Å²) >= 11 is 0. The van der Waals surface area contributed by atoms with Crippen LogP contribution < -0.4 is 15.4 Å². The lowest BCUT2D eigenvalue weighted by Crippen LogP contribution is -2.55. The molecule has 22 heavy (non-hydrogen) atoms. The number of carbonyl (C=O) groups excluding carboxylic acids is 2. The maximum Gasteiger partial charge on any atom is 0.237 e. The average Bonchev–Trinajstić information content (AvgIpc) is 2.52. The van der Waals surface area contributed by atoms with Gasteiger partial charge in [-0.05, 0) is 24.6 Å². The number of ether oxygens (including phenoxy) is 1. The minimum Gasteiger partial charge on any atom is -0.494 e. The zero-order valence-electron chi connectivity index (χ0n) is 13.1. The average molecular weight is 305 g/mol. The van der Waals surface area contributed by atoms with Crippen LogP contribution in [0.1, 0.15) is 18.9 Å². The molecular weight excluding hydrogens is 282 g/mol. The van der Waals surface area contributed by atoms with Gasteiger partial charge in [-0.3, -0.25) is 14.5 Å². The van der Waals surface area contributed by atoms with E-state index in [0.717, 1.165) is 17.9 Å². The van der Waals surface area contributed by atoms with Gasteiger partial charge in [0.25, 0.3) is 0 Å². The van der Waals surface area contributed by atoms with Crippen molar-refractivity contribution in [3.05, 3.63) is 29.8 Å². The fraction of sp³-hybridized carbons (Fsp3) is 0.500. The normalized spacial score (nSPS) is 18.6. The van der Waals surface area contributed by atoms with Crippen molar-refractivity contribution in [2.45, 2.75) is 25.9 Å². The topological polar surface area (TPSA) is 70.7 Å². The summed E-state index contributed by atoms with van der Waals surface area (Å²) in [5.41, 5.74) is 1.10. The first-order valence-electron chi connectivity index (χ1n) is 7.58. The molecule has 2 amide bonds. The van der Waals surface area contributed by atoms with Crippen LogP contribution in [0.5, 0.6) is 5.75 Å². The third-order valence-electron chi connectivity index (χ3n) is 3.72. The van der Waals surface area contributed by atoms with Gasteiger partial charge in [-0.1, -0.05) is 12.1 Å². The first-order valence-corrected chi connectivity index (χ1v) is 7.58. The van der Waals surface area contributed by atoms with Crippen molar-refractivity contribution in [3.63, 3.8) is 0 Å². The quantitative estimate of drug-likeness (QED) is 0.804. The van der Waals surface area contributed by atoms with E-state index in [1.165, 1.54) is 0 Å². The second-order valence-corrected chi connectivity index (χ2v) is 5.23. The number of amides is 2. The Labute approximate surface area is 130 Å². The third-order valence-corrected chi connectivity index (χ3v) is 3.72. The molecule has 1 aromatic carbocycles. The van der Waals surface area contributed by atoms with Crippen LogP contribution in [0.15, 0.2) is 24.3 Å². The number of carbonyl (C=O) groups is 2. The molecule has 1 atom stereocenters. The number of hydrogen-bond donors (Lipinski definition) is 2. The van der Waals surface area contributed by atoms with Crippen molar-refractivity contribution in [3.8, 4) is 5.75 Å². The molecule has 2 N–H and O–H groups in total. The molecule has 120 valence electrons. The Balaban J connectivity index is 2.04. The van der Waals surface area contributed by atoms with Gasteiger partial charge >= 0.3 is 0 Å². The SMILES string of the molecule is CCOc1ccc(CN2CCNC(=O)[C@@H]2CC(=O)NC)cc1. The van der Waals surface area contributed by atoms with Gasteiger partial charge in [-0.2, -0.15) is 0 Å². The Morgan fingerprint density at radius 1 is 1.41 bits per heavy atom. The highest BCUT2D eigenvalue weighted by molar-refractivity contribution is 5.88. The number of nitrogens with zero attached hydrogens (tertiary/aromatic N) is 1. The Hall–Kier alpha value is -2.08. The van der Waals surface area contributed by atoms with Crippen molar-refractivity contribution in [1.82, 2.24) is 15.5 Å². The molecule has 0 spiro atoms. The van der Waals surface area contributed by atoms with E-state index in [2.05, 4.69) is 10.6 Å². The van der Waals surface area contributed by atoms with Gasteiger partial charge in [-0.15, -0.1) is 0 Å². The van der Waals surface area contributed by atoms with E-state index in [0.29, 0.717) is 19.7 Å². The van der Waals surface area contributed by atoms with Gasteiger partial charge in [-0.25, -0.2) is 0 Å². The Kier molecular flexibility index (Phi) is 5.77. The van der Waals surface area contributed by atoms with Gasteiger partial charge in [0.2, 0.25) is 11.8 Å². The largest absolute Gasteiger partial charge is 0.494 e. The van der Waals surface area contributed by atoms with Crippen molar-refractivity contribution < 1.29 is 14.3 Å². The van der Waals surface area contributed by atoms with Crippen molar-refractivity contribution >= 4 is 11.8 Å². The van der Waals surface area contributed by atoms with E-state index in [1.807, 2.05) is 36.1 Å². The van der Waals surface area contributed by atoms with Gasteiger partial charge in [0, 0.05) is 26.7 Å². The number of hydrogen-bond acceptors (Lipinski definition) is 4. The Morgan fingerprint density at radius 2 is 2.14 bits per heavy atom. The van der Waals surface area contributed by atoms with E-state index < -0.39 is 6.04 Å². The maximum absolute atomic E-state index is 12.0. The lowest BCUT2D eigenvalue weighted by Gasteiger charge is -2.34. The standard InChI is InChI=1S/C16H23N3O3/c1-3-22-13-6-4-12(5-7-13)11-19-9-8-18-16(21)14(19)10-15(20)17-2/h4-7,14H,3,8-11H2,1-2H3,(H,17,20)(H,18,21)/t14-/m0/s1. The summed E-state index contributed by atoms with van der Waals surface area (Å²) in [6, 6.07) is 7.43. The fourth-order valence-electron chi connectivity index (χ4n) is 2.54. The molecule has 1 fully saturated rings.